The number of ether oxygens (including phenoxy) is 2. The van der Waals surface area contributed by atoms with Crippen LogP contribution in [-0.4, -0.2) is 37.8 Å². The van der Waals surface area contributed by atoms with E-state index in [0.717, 1.165) is 36.1 Å². The van der Waals surface area contributed by atoms with Gasteiger partial charge in [0.1, 0.15) is 6.10 Å². The molecule has 0 amide bonds. The quantitative estimate of drug-likeness (QED) is 0.918. The highest BCUT2D eigenvalue weighted by Gasteiger charge is 2.22. The Morgan fingerprint density at radius 1 is 1.16 bits per heavy atom. The molecule has 3 rings (SSSR count). The van der Waals surface area contributed by atoms with Crippen molar-refractivity contribution in [3.63, 3.8) is 0 Å². The lowest BCUT2D eigenvalue weighted by atomic mass is 9.90. The fourth-order valence-electron chi connectivity index (χ4n) is 2.65. The Balaban J connectivity index is 1.75. The molecule has 2 heterocycles. The van der Waals surface area contributed by atoms with Crippen molar-refractivity contribution in [2.75, 3.05) is 31.7 Å². The van der Waals surface area contributed by atoms with Crippen LogP contribution in [0.5, 0.6) is 11.5 Å². The zero-order valence-corrected chi connectivity index (χ0v) is 12.2. The first-order valence-corrected chi connectivity index (χ1v) is 8.15. The van der Waals surface area contributed by atoms with Gasteiger partial charge in [-0.1, -0.05) is 6.07 Å². The van der Waals surface area contributed by atoms with Crippen molar-refractivity contribution in [2.24, 2.45) is 0 Å². The molecule has 2 saturated heterocycles. The van der Waals surface area contributed by atoms with Gasteiger partial charge in [-0.3, -0.25) is 0 Å². The summed E-state index contributed by atoms with van der Waals surface area (Å²) >= 11 is 1.93. The lowest BCUT2D eigenvalue weighted by molar-refractivity contribution is 0.228. The summed E-state index contributed by atoms with van der Waals surface area (Å²) in [6.07, 6.45) is 2.79. The van der Waals surface area contributed by atoms with Crippen LogP contribution in [0.25, 0.3) is 0 Å². The molecule has 1 aromatic rings. The largest absolute Gasteiger partial charge is 0.493 e. The molecular weight excluding hydrogens is 258 g/mol. The third-order valence-electron chi connectivity index (χ3n) is 3.90. The molecular formula is C15H21NO2S. The van der Waals surface area contributed by atoms with Gasteiger partial charge in [-0.25, -0.2) is 0 Å². The fraction of sp³-hybridized carbons (Fsp3) is 0.600. The molecule has 0 unspecified atom stereocenters. The average molecular weight is 279 g/mol. The first-order chi connectivity index (χ1) is 9.36. The summed E-state index contributed by atoms with van der Waals surface area (Å²) < 4.78 is 11.5. The molecule has 1 N–H and O–H groups in total. The highest BCUT2D eigenvalue weighted by Crippen LogP contribution is 2.35. The van der Waals surface area contributed by atoms with Gasteiger partial charge in [0.05, 0.1) is 7.11 Å². The zero-order valence-electron chi connectivity index (χ0n) is 11.4. The van der Waals surface area contributed by atoms with E-state index in [4.69, 9.17) is 9.47 Å². The number of piperidine rings is 1. The van der Waals surface area contributed by atoms with Crippen LogP contribution in [0.2, 0.25) is 0 Å². The highest BCUT2D eigenvalue weighted by atomic mass is 32.2. The first kappa shape index (κ1) is 13.1. The maximum Gasteiger partial charge on any atom is 0.161 e. The monoisotopic (exact) mass is 279 g/mol. The Kier molecular flexibility index (Phi) is 4.18. The molecule has 0 atom stereocenters. The summed E-state index contributed by atoms with van der Waals surface area (Å²) in [6, 6.07) is 6.45. The smallest absolute Gasteiger partial charge is 0.161 e. The van der Waals surface area contributed by atoms with Crippen LogP contribution in [0.4, 0.5) is 0 Å². The van der Waals surface area contributed by atoms with Crippen molar-refractivity contribution < 1.29 is 9.47 Å². The van der Waals surface area contributed by atoms with Crippen molar-refractivity contribution in [3.8, 4) is 11.5 Å². The second-order valence-corrected chi connectivity index (χ2v) is 6.29. The van der Waals surface area contributed by atoms with Gasteiger partial charge in [-0.15, -0.1) is 0 Å². The molecule has 0 radical (unpaired) electrons. The fourth-order valence-corrected chi connectivity index (χ4v) is 3.22. The Morgan fingerprint density at radius 2 is 1.95 bits per heavy atom. The number of rotatable bonds is 4. The van der Waals surface area contributed by atoms with E-state index in [1.54, 1.807) is 7.11 Å². The van der Waals surface area contributed by atoms with E-state index in [2.05, 4.69) is 23.5 Å². The topological polar surface area (TPSA) is 30.5 Å². The van der Waals surface area contributed by atoms with Gasteiger partial charge < -0.3 is 14.8 Å². The molecule has 0 bridgehead atoms. The minimum absolute atomic E-state index is 0.364. The molecule has 0 saturated carbocycles. The number of nitrogens with one attached hydrogen (secondary N) is 1. The predicted molar refractivity (Wildman–Crippen MR) is 79.6 cm³/mol. The molecule has 1 aromatic carbocycles. The van der Waals surface area contributed by atoms with Gasteiger partial charge in [0, 0.05) is 11.5 Å². The van der Waals surface area contributed by atoms with Crippen LogP contribution in [-0.2, 0) is 0 Å². The number of methoxy groups -OCH3 is 1. The van der Waals surface area contributed by atoms with E-state index in [1.165, 1.54) is 18.4 Å². The summed E-state index contributed by atoms with van der Waals surface area (Å²) in [5.41, 5.74) is 1.38. The standard InChI is InChI=1S/C15H21NO2S/c1-17-15-8-12(11-4-6-16-7-5-11)2-3-14(15)18-13-9-19-10-13/h2-3,8,11,13,16H,4-7,9-10H2,1H3. The molecule has 0 spiro atoms. The second-order valence-electron chi connectivity index (χ2n) is 5.21. The van der Waals surface area contributed by atoms with Crippen molar-refractivity contribution in [2.45, 2.75) is 24.9 Å². The summed E-state index contributed by atoms with van der Waals surface area (Å²) in [5, 5.41) is 3.41. The molecule has 4 heteroatoms. The van der Waals surface area contributed by atoms with E-state index < -0.39 is 0 Å². The van der Waals surface area contributed by atoms with Gasteiger partial charge in [0.15, 0.2) is 11.5 Å². The molecule has 2 fully saturated rings. The van der Waals surface area contributed by atoms with Gasteiger partial charge in [0.25, 0.3) is 0 Å². The lowest BCUT2D eigenvalue weighted by Crippen LogP contribution is -2.31. The van der Waals surface area contributed by atoms with Crippen molar-refractivity contribution >= 4 is 11.8 Å². The van der Waals surface area contributed by atoms with E-state index >= 15 is 0 Å². The average Bonchev–Trinajstić information content (AvgIpc) is 2.44. The molecule has 3 nitrogen and oxygen atoms in total. The summed E-state index contributed by atoms with van der Waals surface area (Å²) in [7, 11) is 1.73. The van der Waals surface area contributed by atoms with Crippen LogP contribution < -0.4 is 14.8 Å². The van der Waals surface area contributed by atoms with Gasteiger partial charge in [0.2, 0.25) is 0 Å². The number of benzene rings is 1. The zero-order chi connectivity index (χ0) is 13.1. The summed E-state index contributed by atoms with van der Waals surface area (Å²) in [4.78, 5) is 0. The van der Waals surface area contributed by atoms with Crippen molar-refractivity contribution in [1.29, 1.82) is 0 Å². The van der Waals surface area contributed by atoms with E-state index in [-0.39, 0.29) is 0 Å². The van der Waals surface area contributed by atoms with E-state index in [0.29, 0.717) is 12.0 Å². The molecule has 19 heavy (non-hydrogen) atoms. The Morgan fingerprint density at radius 3 is 2.58 bits per heavy atom. The minimum Gasteiger partial charge on any atom is -0.493 e. The van der Waals surface area contributed by atoms with Crippen molar-refractivity contribution in [1.82, 2.24) is 5.32 Å². The minimum atomic E-state index is 0.364. The van der Waals surface area contributed by atoms with E-state index in [9.17, 15) is 0 Å². The third-order valence-corrected chi connectivity index (χ3v) is 5.11. The number of hydrogen-bond donors (Lipinski definition) is 1. The number of hydrogen-bond acceptors (Lipinski definition) is 4. The highest BCUT2D eigenvalue weighted by molar-refractivity contribution is 8.00. The molecule has 2 aliphatic rings. The maximum atomic E-state index is 5.96. The van der Waals surface area contributed by atoms with Gasteiger partial charge in [-0.05, 0) is 49.5 Å². The van der Waals surface area contributed by atoms with Crippen LogP contribution in [0, 0.1) is 0 Å². The first-order valence-electron chi connectivity index (χ1n) is 7.00. The SMILES string of the molecule is COc1cc(C2CCNCC2)ccc1OC1CSC1. The van der Waals surface area contributed by atoms with Crippen LogP contribution >= 0.6 is 11.8 Å². The van der Waals surface area contributed by atoms with Crippen LogP contribution in [0.1, 0.15) is 24.3 Å². The Hall–Kier alpha value is -0.870. The van der Waals surface area contributed by atoms with E-state index in [1.807, 2.05) is 11.8 Å². The second kappa shape index (κ2) is 6.06. The molecule has 104 valence electrons. The lowest BCUT2D eigenvalue weighted by Gasteiger charge is -2.27. The maximum absolute atomic E-state index is 5.96. The Bertz CT molecular complexity index is 428. The number of thioether (sulfide) groups is 1. The van der Waals surface area contributed by atoms with Crippen LogP contribution in [0.3, 0.4) is 0 Å². The molecule has 0 aromatic heterocycles. The predicted octanol–water partition coefficient (Wildman–Crippen LogP) is 2.66. The third kappa shape index (κ3) is 3.00. The Labute approximate surface area is 119 Å². The van der Waals surface area contributed by atoms with Gasteiger partial charge in [-0.2, -0.15) is 11.8 Å². The molecule has 2 aliphatic heterocycles. The summed E-state index contributed by atoms with van der Waals surface area (Å²) in [5.74, 6) is 4.63. The van der Waals surface area contributed by atoms with Gasteiger partial charge >= 0.3 is 0 Å². The summed E-state index contributed by atoms with van der Waals surface area (Å²) in [6.45, 7) is 2.23. The normalized spacial score (nSPS) is 20.9. The van der Waals surface area contributed by atoms with Crippen molar-refractivity contribution in [3.05, 3.63) is 23.8 Å². The van der Waals surface area contributed by atoms with Crippen LogP contribution in [0.15, 0.2) is 18.2 Å². The molecule has 0 aliphatic carbocycles.